The van der Waals surface area contributed by atoms with Crippen molar-refractivity contribution in [3.63, 3.8) is 0 Å². The van der Waals surface area contributed by atoms with Crippen molar-refractivity contribution in [2.24, 2.45) is 15.5 Å². The number of benzene rings is 1. The van der Waals surface area contributed by atoms with Crippen LogP contribution < -0.4 is 15.8 Å². The fraction of sp³-hybridized carbons (Fsp3) is 0.611. The summed E-state index contributed by atoms with van der Waals surface area (Å²) in [6.07, 6.45) is 6.33. The molecule has 1 aliphatic carbocycles. The third-order valence-corrected chi connectivity index (χ3v) is 5.95. The molecule has 0 amide bonds. The van der Waals surface area contributed by atoms with Gasteiger partial charge in [-0.15, -0.1) is 24.0 Å². The second kappa shape index (κ2) is 10.5. The number of aliphatic imine (C=N–C) groups is 1. The first-order chi connectivity index (χ1) is 11.9. The molecule has 0 heterocycles. The number of primary sulfonamides is 1. The largest absolute Gasteiger partial charge is 0.357 e. The van der Waals surface area contributed by atoms with E-state index in [1.807, 2.05) is 13.0 Å². The van der Waals surface area contributed by atoms with Crippen molar-refractivity contribution < 1.29 is 8.42 Å². The van der Waals surface area contributed by atoms with E-state index in [1.165, 1.54) is 38.2 Å². The second-order valence-electron chi connectivity index (χ2n) is 6.80. The highest BCUT2D eigenvalue weighted by molar-refractivity contribution is 14.0. The zero-order chi connectivity index (χ0) is 18.3. The lowest BCUT2D eigenvalue weighted by atomic mass is 9.83. The molecular weight excluding hydrogens is 463 g/mol. The Labute approximate surface area is 174 Å². The minimum absolute atomic E-state index is 0. The summed E-state index contributed by atoms with van der Waals surface area (Å²) < 4.78 is 22.9. The zero-order valence-corrected chi connectivity index (χ0v) is 18.8. The molecule has 1 saturated carbocycles. The number of hydrogen-bond acceptors (Lipinski definition) is 3. The maximum atomic E-state index is 11.5. The molecule has 148 valence electrons. The highest BCUT2D eigenvalue weighted by Gasteiger charge is 2.31. The number of nitrogens with zero attached hydrogens (tertiary/aromatic N) is 1. The average Bonchev–Trinajstić information content (AvgIpc) is 3.06. The molecular formula is C18H31IN4O2S. The van der Waals surface area contributed by atoms with Crippen LogP contribution in [0.5, 0.6) is 0 Å². The van der Waals surface area contributed by atoms with Gasteiger partial charge in [-0.2, -0.15) is 0 Å². The molecule has 0 aliphatic heterocycles. The van der Waals surface area contributed by atoms with Crippen molar-refractivity contribution in [3.05, 3.63) is 29.8 Å². The van der Waals surface area contributed by atoms with Gasteiger partial charge in [-0.3, -0.25) is 0 Å². The molecule has 0 spiro atoms. The molecule has 1 aromatic rings. The van der Waals surface area contributed by atoms with Gasteiger partial charge >= 0.3 is 0 Å². The predicted molar refractivity (Wildman–Crippen MR) is 117 cm³/mol. The average molecular weight is 494 g/mol. The number of rotatable bonds is 7. The Morgan fingerprint density at radius 2 is 1.92 bits per heavy atom. The molecule has 0 radical (unpaired) electrons. The SMILES string of the molecule is CCNC(=NCc1cccc(S(N)(=O)=O)c1)NCC1(CC)CCCC1.I. The van der Waals surface area contributed by atoms with Crippen molar-refractivity contribution in [2.45, 2.75) is 57.4 Å². The number of sulfonamides is 1. The lowest BCUT2D eigenvalue weighted by molar-refractivity contribution is 0.283. The first-order valence-corrected chi connectivity index (χ1v) is 10.6. The topological polar surface area (TPSA) is 96.6 Å². The van der Waals surface area contributed by atoms with E-state index in [1.54, 1.807) is 12.1 Å². The molecule has 0 saturated heterocycles. The monoisotopic (exact) mass is 494 g/mol. The maximum absolute atomic E-state index is 11.5. The number of guanidine groups is 1. The van der Waals surface area contributed by atoms with E-state index in [0.717, 1.165) is 24.6 Å². The highest BCUT2D eigenvalue weighted by Crippen LogP contribution is 2.40. The summed E-state index contributed by atoms with van der Waals surface area (Å²) in [5.41, 5.74) is 1.19. The van der Waals surface area contributed by atoms with Crippen LogP contribution in [0.15, 0.2) is 34.2 Å². The Balaban J connectivity index is 0.00000338. The normalized spacial score (nSPS) is 16.8. The molecule has 0 atom stereocenters. The first kappa shape index (κ1) is 23.2. The smallest absolute Gasteiger partial charge is 0.238 e. The summed E-state index contributed by atoms with van der Waals surface area (Å²) in [5.74, 6) is 0.767. The summed E-state index contributed by atoms with van der Waals surface area (Å²) in [6.45, 7) is 6.40. The fourth-order valence-corrected chi connectivity index (χ4v) is 3.97. The van der Waals surface area contributed by atoms with Gasteiger partial charge in [0, 0.05) is 13.1 Å². The van der Waals surface area contributed by atoms with Gasteiger partial charge in [0.15, 0.2) is 5.96 Å². The second-order valence-corrected chi connectivity index (χ2v) is 8.36. The highest BCUT2D eigenvalue weighted by atomic mass is 127. The third kappa shape index (κ3) is 6.70. The molecule has 2 rings (SSSR count). The summed E-state index contributed by atoms with van der Waals surface area (Å²) in [5, 5.41) is 11.9. The van der Waals surface area contributed by atoms with Crippen molar-refractivity contribution in [1.82, 2.24) is 10.6 Å². The van der Waals surface area contributed by atoms with Gasteiger partial charge in [0.2, 0.25) is 10.0 Å². The van der Waals surface area contributed by atoms with E-state index < -0.39 is 10.0 Å². The molecule has 0 aromatic heterocycles. The van der Waals surface area contributed by atoms with Crippen LogP contribution in [0.3, 0.4) is 0 Å². The van der Waals surface area contributed by atoms with Crippen LogP contribution in [0.1, 0.15) is 51.5 Å². The predicted octanol–water partition coefficient (Wildman–Crippen LogP) is 2.98. The zero-order valence-electron chi connectivity index (χ0n) is 15.6. The van der Waals surface area contributed by atoms with Crippen LogP contribution in [0.2, 0.25) is 0 Å². The lowest BCUT2D eigenvalue weighted by Gasteiger charge is -2.28. The Morgan fingerprint density at radius 3 is 2.50 bits per heavy atom. The molecule has 4 N–H and O–H groups in total. The Bertz CT molecular complexity index is 701. The van der Waals surface area contributed by atoms with Gasteiger partial charge in [0.25, 0.3) is 0 Å². The Morgan fingerprint density at radius 1 is 1.23 bits per heavy atom. The van der Waals surface area contributed by atoms with Crippen LogP contribution in [0, 0.1) is 5.41 Å². The summed E-state index contributed by atoms with van der Waals surface area (Å²) in [6, 6.07) is 6.62. The number of halogens is 1. The van der Waals surface area contributed by atoms with E-state index in [0.29, 0.717) is 12.0 Å². The quantitative estimate of drug-likeness (QED) is 0.309. The van der Waals surface area contributed by atoms with Crippen molar-refractivity contribution in [3.8, 4) is 0 Å². The van der Waals surface area contributed by atoms with Gasteiger partial charge in [-0.25, -0.2) is 18.5 Å². The van der Waals surface area contributed by atoms with E-state index >= 15 is 0 Å². The van der Waals surface area contributed by atoms with Gasteiger partial charge < -0.3 is 10.6 Å². The lowest BCUT2D eigenvalue weighted by Crippen LogP contribution is -2.42. The summed E-state index contributed by atoms with van der Waals surface area (Å²) >= 11 is 0. The van der Waals surface area contributed by atoms with Gasteiger partial charge in [-0.1, -0.05) is 31.9 Å². The number of nitrogens with one attached hydrogen (secondary N) is 2. The Hall–Kier alpha value is -0.870. The van der Waals surface area contributed by atoms with Gasteiger partial charge in [0.05, 0.1) is 11.4 Å². The summed E-state index contributed by atoms with van der Waals surface area (Å²) in [4.78, 5) is 4.71. The van der Waals surface area contributed by atoms with Crippen LogP contribution in [-0.2, 0) is 16.6 Å². The standard InChI is InChI=1S/C18H30N4O2S.HI/c1-3-18(10-5-6-11-18)14-22-17(20-4-2)21-13-15-8-7-9-16(12-15)25(19,23)24;/h7-9,12H,3-6,10-11,13-14H2,1-2H3,(H2,19,23,24)(H2,20,21,22);1H. The minimum atomic E-state index is -3.69. The molecule has 8 heteroatoms. The fourth-order valence-electron chi connectivity index (χ4n) is 3.38. The number of nitrogens with two attached hydrogens (primary N) is 1. The molecule has 1 fully saturated rings. The van der Waals surface area contributed by atoms with Gasteiger partial charge in [-0.05, 0) is 49.3 Å². The number of hydrogen-bond donors (Lipinski definition) is 3. The van der Waals surface area contributed by atoms with E-state index in [9.17, 15) is 8.42 Å². The molecule has 0 unspecified atom stereocenters. The van der Waals surface area contributed by atoms with Crippen LogP contribution >= 0.6 is 24.0 Å². The van der Waals surface area contributed by atoms with Crippen LogP contribution in [-0.4, -0.2) is 27.5 Å². The minimum Gasteiger partial charge on any atom is -0.357 e. The van der Waals surface area contributed by atoms with E-state index in [4.69, 9.17) is 5.14 Å². The van der Waals surface area contributed by atoms with Crippen molar-refractivity contribution in [1.29, 1.82) is 0 Å². The van der Waals surface area contributed by atoms with E-state index in [-0.39, 0.29) is 28.9 Å². The van der Waals surface area contributed by atoms with Crippen LogP contribution in [0.4, 0.5) is 0 Å². The molecule has 1 aliphatic rings. The first-order valence-electron chi connectivity index (χ1n) is 9.02. The summed E-state index contributed by atoms with van der Waals surface area (Å²) in [7, 11) is -3.69. The third-order valence-electron chi connectivity index (χ3n) is 5.04. The molecule has 6 nitrogen and oxygen atoms in total. The van der Waals surface area contributed by atoms with E-state index in [2.05, 4.69) is 22.5 Å². The van der Waals surface area contributed by atoms with Gasteiger partial charge in [0.1, 0.15) is 0 Å². The van der Waals surface area contributed by atoms with Crippen molar-refractivity contribution >= 4 is 40.0 Å². The van der Waals surface area contributed by atoms with Crippen molar-refractivity contribution in [2.75, 3.05) is 13.1 Å². The molecule has 1 aromatic carbocycles. The molecule has 0 bridgehead atoms. The Kier molecular flexibility index (Phi) is 9.32. The molecule has 26 heavy (non-hydrogen) atoms. The van der Waals surface area contributed by atoms with Crippen LogP contribution in [0.25, 0.3) is 0 Å². The maximum Gasteiger partial charge on any atom is 0.238 e.